The maximum Gasteiger partial charge on any atom is 0.272 e. The van der Waals surface area contributed by atoms with Gasteiger partial charge in [0.1, 0.15) is 29.3 Å². The highest BCUT2D eigenvalue weighted by atomic mass is 35.5. The third-order valence-corrected chi connectivity index (χ3v) is 6.43. The summed E-state index contributed by atoms with van der Waals surface area (Å²) in [4.78, 5) is 33.9. The van der Waals surface area contributed by atoms with Gasteiger partial charge in [0.05, 0.1) is 18.1 Å². The number of rotatable bonds is 0. The first-order chi connectivity index (χ1) is 15.9. The van der Waals surface area contributed by atoms with Crippen LogP contribution in [0, 0.1) is 11.3 Å². The SMILES string of the molecule is C[C@@H]1C(=O)N2CCN1C(=O)c1cncn1Cc1ccc(C#N)c(c1)Oc1ccc(Cl)c(c1)C2. The highest BCUT2D eigenvalue weighted by molar-refractivity contribution is 6.31. The quantitative estimate of drug-likeness (QED) is 0.511. The van der Waals surface area contributed by atoms with E-state index in [1.165, 1.54) is 6.20 Å². The molecule has 0 aliphatic carbocycles. The molecular weight excluding hydrogens is 442 g/mol. The molecule has 0 N–H and O–H groups in total. The Morgan fingerprint density at radius 3 is 2.82 bits per heavy atom. The number of amides is 2. The molecule has 6 rings (SSSR count). The number of benzene rings is 2. The average Bonchev–Trinajstić information content (AvgIpc) is 3.26. The van der Waals surface area contributed by atoms with Crippen molar-refractivity contribution in [2.24, 2.45) is 0 Å². The van der Waals surface area contributed by atoms with Gasteiger partial charge in [0.25, 0.3) is 5.91 Å². The van der Waals surface area contributed by atoms with Gasteiger partial charge in [-0.25, -0.2) is 4.98 Å². The largest absolute Gasteiger partial charge is 0.456 e. The van der Waals surface area contributed by atoms with Gasteiger partial charge < -0.3 is 19.1 Å². The van der Waals surface area contributed by atoms with Crippen LogP contribution in [0.15, 0.2) is 48.9 Å². The molecule has 8 nitrogen and oxygen atoms in total. The van der Waals surface area contributed by atoms with E-state index in [1.807, 2.05) is 6.07 Å². The lowest BCUT2D eigenvalue weighted by Crippen LogP contribution is -2.57. The molecule has 3 aliphatic heterocycles. The van der Waals surface area contributed by atoms with Crippen LogP contribution in [0.2, 0.25) is 5.02 Å². The van der Waals surface area contributed by atoms with Gasteiger partial charge in [-0.05, 0) is 48.4 Å². The fourth-order valence-corrected chi connectivity index (χ4v) is 4.42. The molecule has 2 amide bonds. The number of ether oxygens (including phenoxy) is 1. The topological polar surface area (TPSA) is 91.5 Å². The van der Waals surface area contributed by atoms with Crippen LogP contribution < -0.4 is 4.74 Å². The molecule has 4 heterocycles. The number of piperazine rings is 1. The van der Waals surface area contributed by atoms with Gasteiger partial charge in [0.2, 0.25) is 5.91 Å². The Labute approximate surface area is 195 Å². The molecule has 1 fully saturated rings. The average molecular weight is 462 g/mol. The second-order valence-electron chi connectivity index (χ2n) is 8.14. The standard InChI is InChI=1S/C24H20ClN5O3/c1-15-23(31)28-6-7-30(15)24(32)21-11-27-14-29(21)12-16-2-3-17(10-26)22(8-16)33-19-4-5-20(25)18(9-19)13-28/h2-5,8-9,11,14-15H,6-7,12-13H2,1H3/t15-/m1/s1. The molecule has 3 aliphatic rings. The molecule has 1 saturated heterocycles. The molecule has 2 aromatic carbocycles. The predicted octanol–water partition coefficient (Wildman–Crippen LogP) is 3.44. The second kappa shape index (κ2) is 8.26. The minimum absolute atomic E-state index is 0.146. The van der Waals surface area contributed by atoms with Crippen molar-refractivity contribution in [3.63, 3.8) is 0 Å². The van der Waals surface area contributed by atoms with Gasteiger partial charge in [-0.2, -0.15) is 5.26 Å². The maximum absolute atomic E-state index is 13.3. The minimum atomic E-state index is -0.609. The third-order valence-electron chi connectivity index (χ3n) is 6.07. The number of carbonyl (C=O) groups is 2. The van der Waals surface area contributed by atoms with E-state index in [-0.39, 0.29) is 11.8 Å². The van der Waals surface area contributed by atoms with Crippen LogP contribution in [0.4, 0.5) is 0 Å². The molecule has 0 saturated carbocycles. The van der Waals surface area contributed by atoms with Crippen molar-refractivity contribution < 1.29 is 14.3 Å². The monoisotopic (exact) mass is 461 g/mol. The number of hydrogen-bond acceptors (Lipinski definition) is 5. The summed E-state index contributed by atoms with van der Waals surface area (Å²) in [5.74, 6) is 0.531. The summed E-state index contributed by atoms with van der Waals surface area (Å²) in [7, 11) is 0. The molecule has 166 valence electrons. The van der Waals surface area contributed by atoms with Crippen LogP contribution in [-0.4, -0.2) is 50.3 Å². The Bertz CT molecular complexity index is 1310. The Hall–Kier alpha value is -3.83. The van der Waals surface area contributed by atoms with Crippen molar-refractivity contribution >= 4 is 23.4 Å². The molecule has 9 heteroatoms. The number of aromatic nitrogens is 2. The summed E-state index contributed by atoms with van der Waals surface area (Å²) in [6.45, 7) is 3.19. The normalized spacial score (nSPS) is 18.0. The predicted molar refractivity (Wildman–Crippen MR) is 120 cm³/mol. The van der Waals surface area contributed by atoms with Crippen molar-refractivity contribution in [1.82, 2.24) is 19.4 Å². The first-order valence-electron chi connectivity index (χ1n) is 10.5. The summed E-state index contributed by atoms with van der Waals surface area (Å²) in [6, 6.07) is 12.1. The molecule has 6 bridgehead atoms. The van der Waals surface area contributed by atoms with Crippen LogP contribution in [0.25, 0.3) is 0 Å². The Balaban J connectivity index is 1.64. The van der Waals surface area contributed by atoms with Crippen molar-refractivity contribution in [1.29, 1.82) is 5.26 Å². The summed E-state index contributed by atoms with van der Waals surface area (Å²) in [5, 5.41) is 10.1. The summed E-state index contributed by atoms with van der Waals surface area (Å²) >= 11 is 6.42. The fraction of sp³-hybridized carbons (Fsp3) is 0.250. The number of nitrogens with zero attached hydrogens (tertiary/aromatic N) is 5. The number of imidazole rings is 1. The molecule has 0 unspecified atom stereocenters. The van der Waals surface area contributed by atoms with Crippen LogP contribution in [0.5, 0.6) is 11.5 Å². The van der Waals surface area contributed by atoms with Gasteiger partial charge in [-0.1, -0.05) is 17.7 Å². The van der Waals surface area contributed by atoms with Crippen LogP contribution in [0.3, 0.4) is 0 Å². The third kappa shape index (κ3) is 3.81. The van der Waals surface area contributed by atoms with E-state index >= 15 is 0 Å². The zero-order chi connectivity index (χ0) is 23.1. The van der Waals surface area contributed by atoms with E-state index in [4.69, 9.17) is 16.3 Å². The van der Waals surface area contributed by atoms with Crippen LogP contribution in [0.1, 0.15) is 34.1 Å². The molecule has 1 aromatic heterocycles. The van der Waals surface area contributed by atoms with Gasteiger partial charge in [0, 0.05) is 31.2 Å². The van der Waals surface area contributed by atoms with Crippen molar-refractivity contribution in [2.45, 2.75) is 26.1 Å². The lowest BCUT2D eigenvalue weighted by molar-refractivity contribution is -0.140. The van der Waals surface area contributed by atoms with E-state index in [2.05, 4.69) is 11.1 Å². The zero-order valence-electron chi connectivity index (χ0n) is 17.9. The Kier molecular flexibility index (Phi) is 5.27. The van der Waals surface area contributed by atoms with Crippen LogP contribution in [-0.2, 0) is 17.9 Å². The van der Waals surface area contributed by atoms with Gasteiger partial charge in [-0.15, -0.1) is 0 Å². The summed E-state index contributed by atoms with van der Waals surface area (Å²) in [6.07, 6.45) is 3.10. The molecular formula is C24H20ClN5O3. The molecule has 3 aromatic rings. The van der Waals surface area contributed by atoms with Crippen molar-refractivity contribution in [3.8, 4) is 17.6 Å². The smallest absolute Gasteiger partial charge is 0.272 e. The molecule has 0 spiro atoms. The van der Waals surface area contributed by atoms with Crippen molar-refractivity contribution in [3.05, 3.63) is 76.3 Å². The van der Waals surface area contributed by atoms with E-state index in [1.54, 1.807) is 57.9 Å². The fourth-order valence-electron chi connectivity index (χ4n) is 4.24. The van der Waals surface area contributed by atoms with Crippen molar-refractivity contribution in [2.75, 3.05) is 13.1 Å². The van der Waals surface area contributed by atoms with E-state index in [0.717, 1.165) is 11.1 Å². The van der Waals surface area contributed by atoms with Gasteiger partial charge >= 0.3 is 0 Å². The summed E-state index contributed by atoms with van der Waals surface area (Å²) < 4.78 is 7.81. The lowest BCUT2D eigenvalue weighted by Gasteiger charge is -2.39. The first kappa shape index (κ1) is 21.0. The molecule has 0 radical (unpaired) electrons. The number of carbonyl (C=O) groups excluding carboxylic acids is 2. The van der Waals surface area contributed by atoms with Crippen LogP contribution >= 0.6 is 11.6 Å². The van der Waals surface area contributed by atoms with E-state index in [9.17, 15) is 14.9 Å². The van der Waals surface area contributed by atoms with Gasteiger partial charge in [-0.3, -0.25) is 9.59 Å². The molecule has 1 atom stereocenters. The van der Waals surface area contributed by atoms with Gasteiger partial charge in [0.15, 0.2) is 0 Å². The second-order valence-corrected chi connectivity index (χ2v) is 8.55. The zero-order valence-corrected chi connectivity index (χ0v) is 18.6. The molecule has 33 heavy (non-hydrogen) atoms. The number of hydrogen-bond donors (Lipinski definition) is 0. The number of halogens is 1. The van der Waals surface area contributed by atoms with E-state index < -0.39 is 6.04 Å². The Morgan fingerprint density at radius 1 is 1.15 bits per heavy atom. The minimum Gasteiger partial charge on any atom is -0.456 e. The Morgan fingerprint density at radius 2 is 2.00 bits per heavy atom. The number of fused-ring (bicyclic) bond motifs is 2. The number of nitriles is 1. The first-order valence-corrected chi connectivity index (χ1v) is 10.9. The highest BCUT2D eigenvalue weighted by Crippen LogP contribution is 2.31. The van der Waals surface area contributed by atoms with E-state index in [0.29, 0.717) is 54.0 Å². The highest BCUT2D eigenvalue weighted by Gasteiger charge is 2.36. The maximum atomic E-state index is 13.3. The lowest BCUT2D eigenvalue weighted by atomic mass is 10.1. The summed E-state index contributed by atoms with van der Waals surface area (Å²) in [5.41, 5.74) is 2.35.